The normalized spacial score (nSPS) is 39.8. The minimum absolute atomic E-state index is 1.000. The zero-order valence-electron chi connectivity index (χ0n) is 2.69. The van der Waals surface area contributed by atoms with Gasteiger partial charge in [-0.25, -0.2) is 0 Å². The third-order valence-corrected chi connectivity index (χ3v) is 1.50. The third-order valence-electron chi connectivity index (χ3n) is 0.500. The summed E-state index contributed by atoms with van der Waals surface area (Å²) < 4.78 is 0. The van der Waals surface area contributed by atoms with Gasteiger partial charge in [0.05, 0.1) is 0 Å². The molecule has 0 aromatic heterocycles. The minimum Gasteiger partial charge on any atom is -0.157 e. The van der Waals surface area contributed by atoms with Crippen LogP contribution in [0.25, 0.3) is 0 Å². The summed E-state index contributed by atoms with van der Waals surface area (Å²) in [5.41, 5.74) is 0. The Hall–Kier alpha value is 0.350. The third kappa shape index (κ3) is 0.382. The molecule has 0 amide bonds. The van der Waals surface area contributed by atoms with Crippen LogP contribution in [0, 0.1) is 0 Å². The lowest BCUT2D eigenvalue weighted by atomic mass is 10.6. The van der Waals surface area contributed by atoms with Gasteiger partial charge in [-0.3, -0.25) is 0 Å². The molecule has 0 aliphatic carbocycles. The van der Waals surface area contributed by atoms with E-state index in [0.29, 0.717) is 0 Å². The van der Waals surface area contributed by atoms with Gasteiger partial charge in [-0.15, -0.1) is 0 Å². The van der Waals surface area contributed by atoms with Crippen LogP contribution >= 0.6 is 11.8 Å². The molecule has 1 fully saturated rings. The van der Waals surface area contributed by atoms with Crippen molar-refractivity contribution in [2.45, 2.75) is 12.2 Å². The molecule has 4 heavy (non-hydrogen) atoms. The second kappa shape index (κ2) is 0.646. The molecule has 0 spiro atoms. The second-order valence-corrected chi connectivity index (χ2v) is 2.62. The predicted molar refractivity (Wildman–Crippen MR) is 21.9 cm³/mol. The molecule has 0 unspecified atom stereocenters. The van der Waals surface area contributed by atoms with E-state index in [1.54, 1.807) is 0 Å². The SMILES string of the molecule is C[C@@H]1CS1. The van der Waals surface area contributed by atoms with Crippen molar-refractivity contribution in [3.05, 3.63) is 0 Å². The molecule has 0 aromatic rings. The van der Waals surface area contributed by atoms with Crippen LogP contribution in [-0.2, 0) is 0 Å². The van der Waals surface area contributed by atoms with Gasteiger partial charge in [0, 0.05) is 11.0 Å². The first-order valence-electron chi connectivity index (χ1n) is 1.51. The van der Waals surface area contributed by atoms with E-state index in [-0.39, 0.29) is 0 Å². The fourth-order valence-electron chi connectivity index (χ4n) is 0.0962. The van der Waals surface area contributed by atoms with Crippen LogP contribution in [0.5, 0.6) is 0 Å². The highest BCUT2D eigenvalue weighted by Crippen LogP contribution is 2.28. The van der Waals surface area contributed by atoms with E-state index in [9.17, 15) is 0 Å². The standard InChI is InChI=1S/C3H6S/c1-3-2-4-3/h3H,2H2,1H3/t3-/m1/s1. The van der Waals surface area contributed by atoms with E-state index in [1.807, 2.05) is 11.8 Å². The molecule has 0 nitrogen and oxygen atoms in total. The monoisotopic (exact) mass is 74.0 g/mol. The fourth-order valence-corrected chi connectivity index (χ4v) is 0.289. The molecule has 0 N–H and O–H groups in total. The van der Waals surface area contributed by atoms with Crippen molar-refractivity contribution in [1.29, 1.82) is 0 Å². The van der Waals surface area contributed by atoms with Gasteiger partial charge < -0.3 is 0 Å². The van der Waals surface area contributed by atoms with Gasteiger partial charge in [-0.1, -0.05) is 6.92 Å². The lowest BCUT2D eigenvalue weighted by Crippen LogP contribution is -1.57. The van der Waals surface area contributed by atoms with Gasteiger partial charge in [0.2, 0.25) is 0 Å². The van der Waals surface area contributed by atoms with Gasteiger partial charge in [-0.2, -0.15) is 11.8 Å². The van der Waals surface area contributed by atoms with Crippen molar-refractivity contribution in [1.82, 2.24) is 0 Å². The fraction of sp³-hybridized carbons (Fsp3) is 1.00. The number of hydrogen-bond donors (Lipinski definition) is 0. The zero-order valence-corrected chi connectivity index (χ0v) is 3.51. The Morgan fingerprint density at radius 2 is 2.25 bits per heavy atom. The molecule has 1 heteroatoms. The van der Waals surface area contributed by atoms with Gasteiger partial charge in [-0.05, 0) is 0 Å². The highest BCUT2D eigenvalue weighted by Gasteiger charge is 2.13. The van der Waals surface area contributed by atoms with Crippen LogP contribution in [0.2, 0.25) is 0 Å². The Labute approximate surface area is 30.6 Å². The molecular weight excluding hydrogens is 68.1 g/mol. The van der Waals surface area contributed by atoms with Crippen molar-refractivity contribution < 1.29 is 0 Å². The average molecular weight is 74.1 g/mol. The molecule has 1 aliphatic rings. The van der Waals surface area contributed by atoms with E-state index in [2.05, 4.69) is 6.92 Å². The number of thioether (sulfide) groups is 1. The van der Waals surface area contributed by atoms with Crippen LogP contribution in [0.1, 0.15) is 6.92 Å². The van der Waals surface area contributed by atoms with Crippen LogP contribution in [0.3, 0.4) is 0 Å². The smallest absolute Gasteiger partial charge is 0.0110 e. The summed E-state index contributed by atoms with van der Waals surface area (Å²) in [7, 11) is 0. The Kier molecular flexibility index (Phi) is 0.417. The predicted octanol–water partition coefficient (Wildman–Crippen LogP) is 1.12. The summed E-state index contributed by atoms with van der Waals surface area (Å²) in [5, 5.41) is 1.000. The summed E-state index contributed by atoms with van der Waals surface area (Å²) in [5.74, 6) is 1.40. The topological polar surface area (TPSA) is 0 Å². The molecule has 0 bridgehead atoms. The minimum atomic E-state index is 1.000. The maximum atomic E-state index is 2.24. The molecule has 1 aliphatic heterocycles. The van der Waals surface area contributed by atoms with Crippen LogP contribution in [0.15, 0.2) is 0 Å². The van der Waals surface area contributed by atoms with Crippen LogP contribution in [0.4, 0.5) is 0 Å². The molecule has 1 rings (SSSR count). The number of rotatable bonds is 0. The van der Waals surface area contributed by atoms with Crippen LogP contribution < -0.4 is 0 Å². The number of hydrogen-bond acceptors (Lipinski definition) is 1. The Morgan fingerprint density at radius 1 is 2.00 bits per heavy atom. The highest BCUT2D eigenvalue weighted by molar-refractivity contribution is 8.06. The van der Waals surface area contributed by atoms with E-state index in [0.717, 1.165) is 5.25 Å². The second-order valence-electron chi connectivity index (χ2n) is 1.14. The summed E-state index contributed by atoms with van der Waals surface area (Å²) >= 11 is 2.02. The Balaban J connectivity index is 2.17. The quantitative estimate of drug-likeness (QED) is 0.388. The lowest BCUT2D eigenvalue weighted by Gasteiger charge is -1.50. The molecule has 1 saturated heterocycles. The largest absolute Gasteiger partial charge is 0.157 e. The summed E-state index contributed by atoms with van der Waals surface area (Å²) in [6.07, 6.45) is 0. The van der Waals surface area contributed by atoms with Gasteiger partial charge >= 0.3 is 0 Å². The van der Waals surface area contributed by atoms with Gasteiger partial charge in [0.15, 0.2) is 0 Å². The molecule has 1 heterocycles. The zero-order chi connectivity index (χ0) is 2.99. The highest BCUT2D eigenvalue weighted by atomic mass is 32.2. The molecule has 0 radical (unpaired) electrons. The van der Waals surface area contributed by atoms with Crippen molar-refractivity contribution in [2.75, 3.05) is 5.75 Å². The van der Waals surface area contributed by atoms with E-state index >= 15 is 0 Å². The van der Waals surface area contributed by atoms with Gasteiger partial charge in [0.1, 0.15) is 0 Å². The van der Waals surface area contributed by atoms with E-state index in [4.69, 9.17) is 0 Å². The van der Waals surface area contributed by atoms with E-state index < -0.39 is 0 Å². The average Bonchev–Trinajstić information content (AvgIpc) is 1.75. The molecule has 0 aromatic carbocycles. The maximum Gasteiger partial charge on any atom is 0.0110 e. The van der Waals surface area contributed by atoms with Crippen LogP contribution in [-0.4, -0.2) is 11.0 Å². The molecule has 0 saturated carbocycles. The lowest BCUT2D eigenvalue weighted by molar-refractivity contribution is 1.25. The Morgan fingerprint density at radius 3 is 2.25 bits per heavy atom. The van der Waals surface area contributed by atoms with Crippen molar-refractivity contribution >= 4 is 11.8 Å². The maximum absolute atomic E-state index is 2.24. The van der Waals surface area contributed by atoms with E-state index in [1.165, 1.54) is 5.75 Å². The first kappa shape index (κ1) is 2.58. The van der Waals surface area contributed by atoms with Crippen molar-refractivity contribution in [3.63, 3.8) is 0 Å². The molecule has 1 atom stereocenters. The summed E-state index contributed by atoms with van der Waals surface area (Å²) in [6, 6.07) is 0. The van der Waals surface area contributed by atoms with Crippen molar-refractivity contribution in [2.24, 2.45) is 0 Å². The molecule has 24 valence electrons. The van der Waals surface area contributed by atoms with Crippen molar-refractivity contribution in [3.8, 4) is 0 Å². The summed E-state index contributed by atoms with van der Waals surface area (Å²) in [4.78, 5) is 0. The molecular formula is C3H6S. The summed E-state index contributed by atoms with van der Waals surface area (Å²) in [6.45, 7) is 2.24. The first-order valence-corrected chi connectivity index (χ1v) is 2.56. The first-order chi connectivity index (χ1) is 1.89. The van der Waals surface area contributed by atoms with Gasteiger partial charge in [0.25, 0.3) is 0 Å². The Bertz CT molecular complexity index is 22.5.